The van der Waals surface area contributed by atoms with Crippen LogP contribution in [0.1, 0.15) is 28.9 Å². The Balaban J connectivity index is 1.65. The van der Waals surface area contributed by atoms with Gasteiger partial charge in [0.25, 0.3) is 15.9 Å². The Morgan fingerprint density at radius 2 is 1.53 bits per heavy atom. The van der Waals surface area contributed by atoms with E-state index in [9.17, 15) is 13.2 Å². The molecule has 0 saturated carbocycles. The van der Waals surface area contributed by atoms with Crippen LogP contribution in [0.2, 0.25) is 5.02 Å². The average molecular weight is 445 g/mol. The van der Waals surface area contributed by atoms with Crippen molar-refractivity contribution in [3.8, 4) is 5.75 Å². The van der Waals surface area contributed by atoms with E-state index in [1.54, 1.807) is 31.4 Å². The van der Waals surface area contributed by atoms with Gasteiger partial charge >= 0.3 is 0 Å². The molecule has 1 atom stereocenters. The third-order valence-electron chi connectivity index (χ3n) is 4.49. The zero-order valence-corrected chi connectivity index (χ0v) is 18.0. The Bertz CT molecular complexity index is 1110. The zero-order valence-electron chi connectivity index (χ0n) is 16.4. The van der Waals surface area contributed by atoms with Gasteiger partial charge in [0, 0.05) is 16.3 Å². The van der Waals surface area contributed by atoms with Gasteiger partial charge in [-0.05, 0) is 73.2 Å². The number of amides is 1. The normalized spacial score (nSPS) is 12.1. The van der Waals surface area contributed by atoms with Crippen LogP contribution in [0.5, 0.6) is 5.75 Å². The maximum atomic E-state index is 12.5. The summed E-state index contributed by atoms with van der Waals surface area (Å²) in [4.78, 5) is 12.6. The van der Waals surface area contributed by atoms with Crippen molar-refractivity contribution in [3.63, 3.8) is 0 Å². The van der Waals surface area contributed by atoms with Gasteiger partial charge in [-0.2, -0.15) is 0 Å². The number of benzene rings is 3. The molecule has 0 aliphatic rings. The predicted octanol–water partition coefficient (Wildman–Crippen LogP) is 4.64. The molecule has 0 radical (unpaired) electrons. The van der Waals surface area contributed by atoms with Crippen molar-refractivity contribution < 1.29 is 17.9 Å². The topological polar surface area (TPSA) is 84.5 Å². The maximum Gasteiger partial charge on any atom is 0.261 e. The molecule has 6 nitrogen and oxygen atoms in total. The highest BCUT2D eigenvalue weighted by molar-refractivity contribution is 7.92. The summed E-state index contributed by atoms with van der Waals surface area (Å²) >= 11 is 5.80. The van der Waals surface area contributed by atoms with E-state index in [4.69, 9.17) is 16.3 Å². The van der Waals surface area contributed by atoms with E-state index in [2.05, 4.69) is 10.0 Å². The van der Waals surface area contributed by atoms with E-state index in [1.807, 2.05) is 31.2 Å². The van der Waals surface area contributed by atoms with Crippen LogP contribution in [0.15, 0.2) is 77.7 Å². The number of hydrogen-bond donors (Lipinski definition) is 2. The van der Waals surface area contributed by atoms with E-state index < -0.39 is 10.0 Å². The van der Waals surface area contributed by atoms with Crippen LogP contribution in [0, 0.1) is 0 Å². The lowest BCUT2D eigenvalue weighted by Gasteiger charge is -2.15. The summed E-state index contributed by atoms with van der Waals surface area (Å²) in [7, 11) is -2.15. The highest BCUT2D eigenvalue weighted by Gasteiger charge is 2.15. The molecule has 3 aromatic carbocycles. The number of hydrogen-bond acceptors (Lipinski definition) is 4. The molecular formula is C22H21ClN2O4S. The second-order valence-electron chi connectivity index (χ2n) is 6.61. The number of carbonyl (C=O) groups is 1. The first-order valence-electron chi connectivity index (χ1n) is 9.12. The molecule has 8 heteroatoms. The molecule has 0 heterocycles. The number of halogens is 1. The molecule has 0 fully saturated rings. The van der Waals surface area contributed by atoms with Crippen molar-refractivity contribution in [1.29, 1.82) is 0 Å². The Morgan fingerprint density at radius 3 is 2.10 bits per heavy atom. The summed E-state index contributed by atoms with van der Waals surface area (Å²) in [5.41, 5.74) is 1.71. The fourth-order valence-corrected chi connectivity index (χ4v) is 3.96. The van der Waals surface area contributed by atoms with Gasteiger partial charge in [0.05, 0.1) is 18.0 Å². The first kappa shape index (κ1) is 21.7. The Hall–Kier alpha value is -3.03. The van der Waals surface area contributed by atoms with Crippen LogP contribution in [0.3, 0.4) is 0 Å². The molecule has 156 valence electrons. The minimum absolute atomic E-state index is 0.0991. The molecular weight excluding hydrogens is 424 g/mol. The average Bonchev–Trinajstić information content (AvgIpc) is 2.74. The third kappa shape index (κ3) is 5.31. The maximum absolute atomic E-state index is 12.5. The van der Waals surface area contributed by atoms with Crippen molar-refractivity contribution in [2.24, 2.45) is 0 Å². The van der Waals surface area contributed by atoms with Crippen molar-refractivity contribution in [2.45, 2.75) is 17.9 Å². The first-order chi connectivity index (χ1) is 14.3. The third-order valence-corrected chi connectivity index (χ3v) is 6.14. The molecule has 3 aromatic rings. The van der Waals surface area contributed by atoms with E-state index >= 15 is 0 Å². The number of rotatable bonds is 7. The summed E-state index contributed by atoms with van der Waals surface area (Å²) in [5, 5.41) is 3.37. The molecule has 0 spiro atoms. The van der Waals surface area contributed by atoms with Gasteiger partial charge in [0.1, 0.15) is 5.75 Å². The minimum atomic E-state index is -3.74. The quantitative estimate of drug-likeness (QED) is 0.556. The van der Waals surface area contributed by atoms with Crippen molar-refractivity contribution >= 4 is 33.2 Å². The van der Waals surface area contributed by atoms with Crippen LogP contribution < -0.4 is 14.8 Å². The highest BCUT2D eigenvalue weighted by atomic mass is 35.5. The van der Waals surface area contributed by atoms with Crippen LogP contribution in [0.25, 0.3) is 0 Å². The molecule has 2 N–H and O–H groups in total. The van der Waals surface area contributed by atoms with Crippen LogP contribution in [-0.2, 0) is 10.0 Å². The summed E-state index contributed by atoms with van der Waals surface area (Å²) < 4.78 is 32.5. The smallest absolute Gasteiger partial charge is 0.261 e. The monoisotopic (exact) mass is 444 g/mol. The predicted molar refractivity (Wildman–Crippen MR) is 118 cm³/mol. The number of nitrogens with one attached hydrogen (secondary N) is 2. The lowest BCUT2D eigenvalue weighted by Crippen LogP contribution is -2.26. The van der Waals surface area contributed by atoms with Crippen LogP contribution in [-0.4, -0.2) is 21.4 Å². The van der Waals surface area contributed by atoms with Gasteiger partial charge in [0.2, 0.25) is 0 Å². The van der Waals surface area contributed by atoms with E-state index in [0.717, 1.165) is 11.3 Å². The molecule has 0 saturated heterocycles. The summed E-state index contributed by atoms with van der Waals surface area (Å²) in [6.07, 6.45) is 0. The van der Waals surface area contributed by atoms with Gasteiger partial charge in [-0.15, -0.1) is 0 Å². The van der Waals surface area contributed by atoms with Crippen molar-refractivity contribution in [1.82, 2.24) is 5.32 Å². The second-order valence-corrected chi connectivity index (χ2v) is 8.72. The minimum Gasteiger partial charge on any atom is -0.497 e. The van der Waals surface area contributed by atoms with Crippen molar-refractivity contribution in [3.05, 3.63) is 88.9 Å². The van der Waals surface area contributed by atoms with E-state index in [1.165, 1.54) is 24.3 Å². The molecule has 0 aromatic heterocycles. The van der Waals surface area contributed by atoms with Gasteiger partial charge in [0.15, 0.2) is 0 Å². The van der Waals surface area contributed by atoms with Gasteiger partial charge in [-0.25, -0.2) is 8.42 Å². The lowest BCUT2D eigenvalue weighted by molar-refractivity contribution is 0.0940. The molecule has 0 aliphatic heterocycles. The van der Waals surface area contributed by atoms with Crippen molar-refractivity contribution in [2.75, 3.05) is 11.8 Å². The molecule has 0 bridgehead atoms. The number of carbonyl (C=O) groups excluding carboxylic acids is 1. The van der Waals surface area contributed by atoms with Gasteiger partial charge in [-0.3, -0.25) is 9.52 Å². The van der Waals surface area contributed by atoms with E-state index in [0.29, 0.717) is 16.3 Å². The first-order valence-corrected chi connectivity index (χ1v) is 11.0. The molecule has 3 rings (SSSR count). The molecule has 1 amide bonds. The molecule has 0 unspecified atom stereocenters. The van der Waals surface area contributed by atoms with Gasteiger partial charge in [-0.1, -0.05) is 23.7 Å². The van der Waals surface area contributed by atoms with E-state index in [-0.39, 0.29) is 16.8 Å². The SMILES string of the molecule is COc1ccc([C@H](C)NC(=O)c2ccc(NS(=O)(=O)c3ccc(Cl)cc3)cc2)cc1. The fraction of sp³-hybridized carbons (Fsp3) is 0.136. The Morgan fingerprint density at radius 1 is 0.933 bits per heavy atom. The lowest BCUT2D eigenvalue weighted by atomic mass is 10.1. The number of anilines is 1. The van der Waals surface area contributed by atoms with Crippen LogP contribution >= 0.6 is 11.6 Å². The largest absolute Gasteiger partial charge is 0.497 e. The fourth-order valence-electron chi connectivity index (χ4n) is 2.77. The number of methoxy groups -OCH3 is 1. The number of sulfonamides is 1. The van der Waals surface area contributed by atoms with Gasteiger partial charge < -0.3 is 10.1 Å². The summed E-state index contributed by atoms with van der Waals surface area (Å²) in [5.74, 6) is 0.486. The standard InChI is InChI=1S/C22H21ClN2O4S/c1-15(16-5-11-20(29-2)12-6-16)24-22(26)17-3-9-19(10-4-17)25-30(27,28)21-13-7-18(23)8-14-21/h3-15,25H,1-2H3,(H,24,26)/t15-/m0/s1. The Labute approximate surface area is 180 Å². The Kier molecular flexibility index (Phi) is 6.64. The summed E-state index contributed by atoms with van der Waals surface area (Å²) in [6, 6.07) is 19.3. The number of ether oxygens (including phenoxy) is 1. The highest BCUT2D eigenvalue weighted by Crippen LogP contribution is 2.20. The zero-order chi connectivity index (χ0) is 21.7. The second kappa shape index (κ2) is 9.19. The molecule has 30 heavy (non-hydrogen) atoms. The summed E-state index contributed by atoms with van der Waals surface area (Å²) in [6.45, 7) is 1.88. The molecule has 0 aliphatic carbocycles. The van der Waals surface area contributed by atoms with Crippen LogP contribution in [0.4, 0.5) is 5.69 Å².